The van der Waals surface area contributed by atoms with Crippen LogP contribution in [0.15, 0.2) is 18.2 Å². The molecule has 0 fully saturated rings. The Bertz CT molecular complexity index is 320. The molecule has 2 atom stereocenters. The van der Waals surface area contributed by atoms with E-state index in [1.54, 1.807) is 18.2 Å². The molecule has 0 saturated heterocycles. The molecule has 0 saturated carbocycles. The van der Waals surface area contributed by atoms with Gasteiger partial charge in [-0.1, -0.05) is 37.9 Å². The second-order valence-electron chi connectivity index (χ2n) is 4.29. The zero-order valence-corrected chi connectivity index (χ0v) is 10.9. The predicted octanol–water partition coefficient (Wildman–Crippen LogP) is 3.57. The molecular weight excluding hydrogens is 222 g/mol. The van der Waals surface area contributed by atoms with Crippen LogP contribution in [0.2, 0.25) is 5.02 Å². The summed E-state index contributed by atoms with van der Waals surface area (Å²) in [5.74, 6) is 0.876. The molecule has 0 amide bonds. The van der Waals surface area contributed by atoms with Crippen LogP contribution in [-0.2, 0) is 6.54 Å². The van der Waals surface area contributed by atoms with Crippen LogP contribution in [0.25, 0.3) is 0 Å². The summed E-state index contributed by atoms with van der Waals surface area (Å²) in [6, 6.07) is 5.63. The van der Waals surface area contributed by atoms with E-state index in [-0.39, 0.29) is 5.75 Å². The van der Waals surface area contributed by atoms with Gasteiger partial charge in [0.15, 0.2) is 0 Å². The minimum absolute atomic E-state index is 0.261. The largest absolute Gasteiger partial charge is 0.508 e. The van der Waals surface area contributed by atoms with E-state index in [9.17, 15) is 5.11 Å². The van der Waals surface area contributed by atoms with Gasteiger partial charge in [-0.15, -0.1) is 0 Å². The fraction of sp³-hybridized carbons (Fsp3) is 0.538. The molecular formula is C13H20ClNO. The Kier molecular flexibility index (Phi) is 5.10. The van der Waals surface area contributed by atoms with E-state index in [1.165, 1.54) is 0 Å². The lowest BCUT2D eigenvalue weighted by atomic mass is 10.0. The summed E-state index contributed by atoms with van der Waals surface area (Å²) in [6.45, 7) is 7.15. The number of benzene rings is 1. The molecule has 0 aliphatic heterocycles. The van der Waals surface area contributed by atoms with Gasteiger partial charge in [0.1, 0.15) is 5.75 Å². The average Bonchev–Trinajstić information content (AvgIpc) is 2.27. The molecule has 2 unspecified atom stereocenters. The van der Waals surface area contributed by atoms with Crippen molar-refractivity contribution < 1.29 is 5.11 Å². The maximum atomic E-state index is 9.68. The van der Waals surface area contributed by atoms with Gasteiger partial charge in [-0.05, 0) is 25.0 Å². The third-order valence-corrected chi connectivity index (χ3v) is 3.55. The highest BCUT2D eigenvalue weighted by atomic mass is 35.5. The van der Waals surface area contributed by atoms with E-state index >= 15 is 0 Å². The van der Waals surface area contributed by atoms with Gasteiger partial charge in [-0.2, -0.15) is 0 Å². The molecule has 2 N–H and O–H groups in total. The van der Waals surface area contributed by atoms with Crippen molar-refractivity contribution in [1.29, 1.82) is 0 Å². The Morgan fingerprint density at radius 2 is 2.06 bits per heavy atom. The monoisotopic (exact) mass is 241 g/mol. The highest BCUT2D eigenvalue weighted by Gasteiger charge is 2.11. The number of aromatic hydroxyl groups is 1. The lowest BCUT2D eigenvalue weighted by Crippen LogP contribution is -2.31. The standard InChI is InChI=1S/C13H20ClNO/c1-4-9(2)10(3)15-8-11-12(14)6-5-7-13(11)16/h5-7,9-10,15-16H,4,8H2,1-3H3. The van der Waals surface area contributed by atoms with Gasteiger partial charge in [0.2, 0.25) is 0 Å². The van der Waals surface area contributed by atoms with Crippen molar-refractivity contribution in [2.45, 2.75) is 39.8 Å². The molecule has 3 heteroatoms. The van der Waals surface area contributed by atoms with Crippen molar-refractivity contribution >= 4 is 11.6 Å². The normalized spacial score (nSPS) is 14.8. The van der Waals surface area contributed by atoms with Gasteiger partial charge in [-0.25, -0.2) is 0 Å². The highest BCUT2D eigenvalue weighted by Crippen LogP contribution is 2.25. The van der Waals surface area contributed by atoms with E-state index < -0.39 is 0 Å². The van der Waals surface area contributed by atoms with E-state index in [4.69, 9.17) is 11.6 Å². The molecule has 1 aromatic rings. The van der Waals surface area contributed by atoms with Crippen LogP contribution in [0.1, 0.15) is 32.8 Å². The molecule has 0 spiro atoms. The summed E-state index contributed by atoms with van der Waals surface area (Å²) in [5.41, 5.74) is 0.777. The Balaban J connectivity index is 2.61. The van der Waals surface area contributed by atoms with Crippen LogP contribution < -0.4 is 5.32 Å². The van der Waals surface area contributed by atoms with Crippen LogP contribution >= 0.6 is 11.6 Å². The number of phenolic OH excluding ortho intramolecular Hbond substituents is 1. The minimum atomic E-state index is 0.261. The maximum Gasteiger partial charge on any atom is 0.121 e. The van der Waals surface area contributed by atoms with Crippen LogP contribution in [0, 0.1) is 5.92 Å². The first kappa shape index (κ1) is 13.3. The quantitative estimate of drug-likeness (QED) is 0.826. The molecule has 1 rings (SSSR count). The maximum absolute atomic E-state index is 9.68. The second kappa shape index (κ2) is 6.12. The number of halogens is 1. The van der Waals surface area contributed by atoms with E-state index in [0.717, 1.165) is 12.0 Å². The summed E-state index contributed by atoms with van der Waals surface area (Å²) in [4.78, 5) is 0. The second-order valence-corrected chi connectivity index (χ2v) is 4.70. The lowest BCUT2D eigenvalue weighted by Gasteiger charge is -2.20. The SMILES string of the molecule is CCC(C)C(C)NCc1c(O)cccc1Cl. The van der Waals surface area contributed by atoms with Crippen molar-refractivity contribution in [2.24, 2.45) is 5.92 Å². The van der Waals surface area contributed by atoms with Crippen molar-refractivity contribution in [3.05, 3.63) is 28.8 Å². The summed E-state index contributed by atoms with van der Waals surface area (Å²) in [5, 5.41) is 13.7. The average molecular weight is 242 g/mol. The first-order chi connectivity index (χ1) is 7.56. The van der Waals surface area contributed by atoms with E-state index in [2.05, 4.69) is 26.1 Å². The zero-order chi connectivity index (χ0) is 12.1. The molecule has 0 bridgehead atoms. The van der Waals surface area contributed by atoms with Gasteiger partial charge in [0.05, 0.1) is 0 Å². The van der Waals surface area contributed by atoms with E-state index in [1.807, 2.05) is 0 Å². The number of phenols is 1. The van der Waals surface area contributed by atoms with Gasteiger partial charge in [0, 0.05) is 23.2 Å². The molecule has 16 heavy (non-hydrogen) atoms. The first-order valence-electron chi connectivity index (χ1n) is 5.76. The van der Waals surface area contributed by atoms with Crippen molar-refractivity contribution in [3.63, 3.8) is 0 Å². The zero-order valence-electron chi connectivity index (χ0n) is 10.1. The van der Waals surface area contributed by atoms with Gasteiger partial charge in [0.25, 0.3) is 0 Å². The molecule has 0 aromatic heterocycles. The summed E-state index contributed by atoms with van der Waals surface area (Å²) < 4.78 is 0. The molecule has 0 aliphatic carbocycles. The van der Waals surface area contributed by atoms with Crippen molar-refractivity contribution in [1.82, 2.24) is 5.32 Å². The summed E-state index contributed by atoms with van der Waals surface area (Å²) >= 11 is 6.03. The summed E-state index contributed by atoms with van der Waals surface area (Å²) in [7, 11) is 0. The molecule has 0 aliphatic rings. The number of hydrogen-bond donors (Lipinski definition) is 2. The lowest BCUT2D eigenvalue weighted by molar-refractivity contribution is 0.384. The van der Waals surface area contributed by atoms with Crippen LogP contribution in [0.5, 0.6) is 5.75 Å². The highest BCUT2D eigenvalue weighted by molar-refractivity contribution is 6.31. The van der Waals surface area contributed by atoms with Crippen LogP contribution in [-0.4, -0.2) is 11.1 Å². The topological polar surface area (TPSA) is 32.3 Å². The van der Waals surface area contributed by atoms with Gasteiger partial charge in [-0.3, -0.25) is 0 Å². The van der Waals surface area contributed by atoms with Crippen molar-refractivity contribution in [2.75, 3.05) is 0 Å². The molecule has 90 valence electrons. The molecule has 2 nitrogen and oxygen atoms in total. The Labute approximate surface area is 103 Å². The summed E-state index contributed by atoms with van der Waals surface area (Å²) in [6.07, 6.45) is 1.14. The third kappa shape index (κ3) is 3.39. The Morgan fingerprint density at radius 3 is 2.62 bits per heavy atom. The third-order valence-electron chi connectivity index (χ3n) is 3.19. The minimum Gasteiger partial charge on any atom is -0.508 e. The Hall–Kier alpha value is -0.730. The van der Waals surface area contributed by atoms with Crippen molar-refractivity contribution in [3.8, 4) is 5.75 Å². The van der Waals surface area contributed by atoms with Crippen LogP contribution in [0.4, 0.5) is 0 Å². The molecule has 0 heterocycles. The molecule has 0 radical (unpaired) electrons. The number of rotatable bonds is 5. The van der Waals surface area contributed by atoms with Gasteiger partial charge >= 0.3 is 0 Å². The fourth-order valence-electron chi connectivity index (χ4n) is 1.54. The Morgan fingerprint density at radius 1 is 1.38 bits per heavy atom. The fourth-order valence-corrected chi connectivity index (χ4v) is 1.78. The number of nitrogens with one attached hydrogen (secondary N) is 1. The smallest absolute Gasteiger partial charge is 0.121 e. The predicted molar refractivity (Wildman–Crippen MR) is 68.9 cm³/mol. The molecule has 1 aromatic carbocycles. The van der Waals surface area contributed by atoms with Gasteiger partial charge < -0.3 is 10.4 Å². The first-order valence-corrected chi connectivity index (χ1v) is 6.13. The van der Waals surface area contributed by atoms with E-state index in [0.29, 0.717) is 23.5 Å². The number of hydrogen-bond acceptors (Lipinski definition) is 2. The van der Waals surface area contributed by atoms with Crippen LogP contribution in [0.3, 0.4) is 0 Å².